The van der Waals surface area contributed by atoms with Gasteiger partial charge in [-0.3, -0.25) is 20.1 Å². The zero-order valence-corrected chi connectivity index (χ0v) is 11.8. The summed E-state index contributed by atoms with van der Waals surface area (Å²) in [4.78, 5) is 12.4. The van der Waals surface area contributed by atoms with Crippen LogP contribution in [0.2, 0.25) is 0 Å². The Bertz CT molecular complexity index is 808. The summed E-state index contributed by atoms with van der Waals surface area (Å²) < 4.78 is 5.75. The molecule has 0 unspecified atom stereocenters. The summed E-state index contributed by atoms with van der Waals surface area (Å²) in [5, 5.41) is 10.7. The molecule has 0 atom stereocenters. The Hall–Kier alpha value is -2.73. The minimum atomic E-state index is -0.245. The third-order valence-electron chi connectivity index (χ3n) is 2.91. The highest BCUT2D eigenvalue weighted by molar-refractivity contribution is 7.03. The molecule has 104 valence electrons. The summed E-state index contributed by atoms with van der Waals surface area (Å²) in [7, 11) is 0. The van der Waals surface area contributed by atoms with Gasteiger partial charge in [0.05, 0.1) is 5.69 Å². The lowest BCUT2D eigenvalue weighted by molar-refractivity contribution is 0.102. The molecule has 0 bridgehead atoms. The number of aromatic nitrogens is 2. The van der Waals surface area contributed by atoms with Crippen LogP contribution >= 0.6 is 11.5 Å². The van der Waals surface area contributed by atoms with Crippen molar-refractivity contribution in [2.45, 2.75) is 0 Å². The Labute approximate surface area is 125 Å². The second-order valence-electron chi connectivity index (χ2n) is 4.30. The van der Waals surface area contributed by atoms with E-state index in [1.54, 1.807) is 28.8 Å². The average Bonchev–Trinajstić information content (AvgIpc) is 2.89. The summed E-state index contributed by atoms with van der Waals surface area (Å²) in [6.07, 6.45) is 0. The number of para-hydroxylation sites is 1. The van der Waals surface area contributed by atoms with Gasteiger partial charge in [0, 0.05) is 17.1 Å². The first-order chi connectivity index (χ1) is 10.3. The first-order valence-electron chi connectivity index (χ1n) is 6.31. The van der Waals surface area contributed by atoms with Gasteiger partial charge < -0.3 is 0 Å². The highest BCUT2D eigenvalue weighted by Gasteiger charge is 2.12. The van der Waals surface area contributed by atoms with E-state index in [-0.39, 0.29) is 10.7 Å². The van der Waals surface area contributed by atoms with E-state index in [2.05, 4.69) is 9.69 Å². The minimum Gasteiger partial charge on any atom is -0.291 e. The van der Waals surface area contributed by atoms with Crippen molar-refractivity contribution in [1.82, 2.24) is 8.94 Å². The number of anilines is 1. The predicted octanol–water partition coefficient (Wildman–Crippen LogP) is 2.67. The standard InChI is InChI=1S/C15H12N4OS/c16-14-19(12-9-5-2-6-10-12)15(18-21-14)17-13(20)11-7-3-1-4-8-11/h1-10,16H,(H,17,18,20). The zero-order chi connectivity index (χ0) is 14.7. The smallest absolute Gasteiger partial charge is 0.258 e. The van der Waals surface area contributed by atoms with Crippen molar-refractivity contribution in [2.24, 2.45) is 0 Å². The Kier molecular flexibility index (Phi) is 3.61. The van der Waals surface area contributed by atoms with E-state index >= 15 is 0 Å². The number of rotatable bonds is 3. The van der Waals surface area contributed by atoms with Crippen LogP contribution in [0.3, 0.4) is 0 Å². The SMILES string of the molecule is N=c1snc(NC(=O)c2ccccc2)n1-c1ccccc1. The lowest BCUT2D eigenvalue weighted by atomic mass is 10.2. The quantitative estimate of drug-likeness (QED) is 0.780. The van der Waals surface area contributed by atoms with Gasteiger partial charge in [-0.2, -0.15) is 4.37 Å². The fourth-order valence-electron chi connectivity index (χ4n) is 1.92. The Morgan fingerprint density at radius 1 is 1.05 bits per heavy atom. The number of nitrogens with zero attached hydrogens (tertiary/aromatic N) is 2. The number of amides is 1. The minimum absolute atomic E-state index is 0.245. The number of nitrogens with one attached hydrogen (secondary N) is 2. The summed E-state index contributed by atoms with van der Waals surface area (Å²) in [6, 6.07) is 18.3. The van der Waals surface area contributed by atoms with Gasteiger partial charge in [0.25, 0.3) is 5.91 Å². The van der Waals surface area contributed by atoms with Crippen molar-refractivity contribution in [3.05, 3.63) is 71.0 Å². The maximum Gasteiger partial charge on any atom is 0.258 e. The molecule has 0 radical (unpaired) electrons. The highest BCUT2D eigenvalue weighted by atomic mass is 32.1. The summed E-state index contributed by atoms with van der Waals surface area (Å²) in [5.41, 5.74) is 1.34. The van der Waals surface area contributed by atoms with Crippen LogP contribution in [0.5, 0.6) is 0 Å². The van der Waals surface area contributed by atoms with Gasteiger partial charge in [-0.25, -0.2) is 0 Å². The third kappa shape index (κ3) is 2.75. The van der Waals surface area contributed by atoms with Crippen LogP contribution < -0.4 is 10.1 Å². The first kappa shape index (κ1) is 13.3. The van der Waals surface area contributed by atoms with Crippen LogP contribution in [0, 0.1) is 5.41 Å². The molecule has 2 aromatic carbocycles. The lowest BCUT2D eigenvalue weighted by Crippen LogP contribution is -2.19. The normalized spacial score (nSPS) is 10.3. The van der Waals surface area contributed by atoms with E-state index in [9.17, 15) is 4.79 Å². The monoisotopic (exact) mass is 296 g/mol. The van der Waals surface area contributed by atoms with Gasteiger partial charge in [0.1, 0.15) is 0 Å². The third-order valence-corrected chi connectivity index (χ3v) is 3.53. The molecular weight excluding hydrogens is 284 g/mol. The second kappa shape index (κ2) is 5.72. The van der Waals surface area contributed by atoms with E-state index in [0.29, 0.717) is 11.5 Å². The van der Waals surface area contributed by atoms with Crippen LogP contribution in [0.25, 0.3) is 5.69 Å². The van der Waals surface area contributed by atoms with Crippen LogP contribution in [0.15, 0.2) is 60.7 Å². The average molecular weight is 296 g/mol. The molecule has 6 heteroatoms. The second-order valence-corrected chi connectivity index (χ2v) is 5.05. The van der Waals surface area contributed by atoms with Crippen LogP contribution in [-0.4, -0.2) is 14.8 Å². The fourth-order valence-corrected chi connectivity index (χ4v) is 2.50. The summed E-state index contributed by atoms with van der Waals surface area (Å²) in [5.74, 6) is 0.107. The van der Waals surface area contributed by atoms with Gasteiger partial charge in [-0.15, -0.1) is 0 Å². The molecule has 1 heterocycles. The van der Waals surface area contributed by atoms with Crippen molar-refractivity contribution in [1.29, 1.82) is 5.41 Å². The number of carbonyl (C=O) groups is 1. The molecule has 21 heavy (non-hydrogen) atoms. The molecule has 0 saturated carbocycles. The van der Waals surface area contributed by atoms with Gasteiger partial charge in [-0.1, -0.05) is 36.4 Å². The molecule has 0 saturated heterocycles. The van der Waals surface area contributed by atoms with E-state index in [4.69, 9.17) is 5.41 Å². The van der Waals surface area contributed by atoms with Crippen molar-refractivity contribution < 1.29 is 4.79 Å². The van der Waals surface area contributed by atoms with Crippen LogP contribution in [0.1, 0.15) is 10.4 Å². The van der Waals surface area contributed by atoms with E-state index < -0.39 is 0 Å². The van der Waals surface area contributed by atoms with Crippen molar-refractivity contribution in [3.63, 3.8) is 0 Å². The maximum atomic E-state index is 12.2. The summed E-state index contributed by atoms with van der Waals surface area (Å²) in [6.45, 7) is 0. The topological polar surface area (TPSA) is 70.8 Å². The molecule has 3 rings (SSSR count). The van der Waals surface area contributed by atoms with E-state index in [0.717, 1.165) is 17.2 Å². The van der Waals surface area contributed by atoms with E-state index in [1.165, 1.54) is 0 Å². The van der Waals surface area contributed by atoms with Crippen molar-refractivity contribution in [2.75, 3.05) is 5.32 Å². The largest absolute Gasteiger partial charge is 0.291 e. The van der Waals surface area contributed by atoms with Crippen LogP contribution in [0.4, 0.5) is 5.95 Å². The fraction of sp³-hybridized carbons (Fsp3) is 0. The number of hydrogen-bond acceptors (Lipinski definition) is 4. The van der Waals surface area contributed by atoms with Gasteiger partial charge in [0.2, 0.25) is 10.7 Å². The molecule has 2 N–H and O–H groups in total. The van der Waals surface area contributed by atoms with Gasteiger partial charge >= 0.3 is 0 Å². The first-order valence-corrected chi connectivity index (χ1v) is 7.08. The predicted molar refractivity (Wildman–Crippen MR) is 81.7 cm³/mol. The summed E-state index contributed by atoms with van der Waals surface area (Å²) >= 11 is 1.03. The molecule has 0 aliphatic heterocycles. The molecule has 0 fully saturated rings. The maximum absolute atomic E-state index is 12.2. The van der Waals surface area contributed by atoms with Gasteiger partial charge in [-0.05, 0) is 24.3 Å². The Morgan fingerprint density at radius 3 is 2.33 bits per heavy atom. The van der Waals surface area contributed by atoms with Crippen LogP contribution in [-0.2, 0) is 0 Å². The number of hydrogen-bond donors (Lipinski definition) is 2. The number of benzene rings is 2. The molecule has 0 spiro atoms. The lowest BCUT2D eigenvalue weighted by Gasteiger charge is -2.08. The van der Waals surface area contributed by atoms with Crippen molar-refractivity contribution in [3.8, 4) is 5.69 Å². The van der Waals surface area contributed by atoms with Crippen molar-refractivity contribution >= 4 is 23.4 Å². The highest BCUT2D eigenvalue weighted by Crippen LogP contribution is 2.13. The molecular formula is C15H12N4OS. The molecule has 1 amide bonds. The molecule has 5 nitrogen and oxygen atoms in total. The Morgan fingerprint density at radius 2 is 1.67 bits per heavy atom. The molecule has 3 aromatic rings. The molecule has 1 aromatic heterocycles. The Balaban J connectivity index is 1.95. The molecule has 0 aliphatic rings. The zero-order valence-electron chi connectivity index (χ0n) is 11.0. The molecule has 0 aliphatic carbocycles. The number of carbonyl (C=O) groups excluding carboxylic acids is 1. The van der Waals surface area contributed by atoms with E-state index in [1.807, 2.05) is 36.4 Å². The van der Waals surface area contributed by atoms with Gasteiger partial charge in [0.15, 0.2) is 0 Å².